The number of halogens is 1. The minimum absolute atomic E-state index is 0.339. The number of aromatic nitrogens is 3. The Morgan fingerprint density at radius 3 is 2.46 bits per heavy atom. The second-order valence-electron chi connectivity index (χ2n) is 7.37. The molecule has 0 aromatic carbocycles. The molecule has 2 aliphatic rings. The number of nitrogens with zero attached hydrogens (tertiary/aromatic N) is 4. The molecular formula is C19H24ClN5S. The van der Waals surface area contributed by atoms with Crippen LogP contribution in [0.25, 0.3) is 0 Å². The normalized spacial score (nSPS) is 19.7. The van der Waals surface area contributed by atoms with E-state index in [0.29, 0.717) is 16.3 Å². The molecule has 1 saturated carbocycles. The van der Waals surface area contributed by atoms with E-state index >= 15 is 0 Å². The average Bonchev–Trinajstić information content (AvgIpc) is 2.68. The molecule has 3 heterocycles. The van der Waals surface area contributed by atoms with Gasteiger partial charge < -0.3 is 10.6 Å². The fraction of sp³-hybridized carbons (Fsp3) is 0.526. The summed E-state index contributed by atoms with van der Waals surface area (Å²) >= 11 is 7.66. The minimum Gasteiger partial charge on any atom is -0.382 e. The zero-order valence-electron chi connectivity index (χ0n) is 14.8. The topological polar surface area (TPSA) is 67.9 Å². The third kappa shape index (κ3) is 3.76. The second-order valence-corrected chi connectivity index (χ2v) is 8.81. The lowest BCUT2D eigenvalue weighted by atomic mass is 9.68. The molecule has 138 valence electrons. The van der Waals surface area contributed by atoms with Crippen LogP contribution in [0.15, 0.2) is 34.6 Å². The van der Waals surface area contributed by atoms with Gasteiger partial charge in [-0.15, -0.1) is 0 Å². The first-order chi connectivity index (χ1) is 12.7. The average molecular weight is 390 g/mol. The van der Waals surface area contributed by atoms with Crippen molar-refractivity contribution in [3.05, 3.63) is 29.7 Å². The molecule has 5 nitrogen and oxygen atoms in total. The first-order valence-corrected chi connectivity index (χ1v) is 10.5. The SMILES string of the molecule is Nc1nccc(Sc2cnc(N3CCC4(CCCCC4)CC3)cn2)c1Cl. The number of hydrogen-bond donors (Lipinski definition) is 1. The summed E-state index contributed by atoms with van der Waals surface area (Å²) in [5, 5.41) is 1.28. The third-order valence-electron chi connectivity index (χ3n) is 5.77. The van der Waals surface area contributed by atoms with Crippen LogP contribution in [0.5, 0.6) is 0 Å². The first-order valence-electron chi connectivity index (χ1n) is 9.30. The summed E-state index contributed by atoms with van der Waals surface area (Å²) in [5.74, 6) is 1.31. The Morgan fingerprint density at radius 2 is 1.77 bits per heavy atom. The molecule has 4 rings (SSSR count). The molecule has 2 aromatic heterocycles. The Labute approximate surface area is 163 Å². The van der Waals surface area contributed by atoms with Crippen LogP contribution < -0.4 is 10.6 Å². The summed E-state index contributed by atoms with van der Waals surface area (Å²) in [7, 11) is 0. The number of nitrogens with two attached hydrogens (primary N) is 1. The number of rotatable bonds is 3. The van der Waals surface area contributed by atoms with Crippen molar-refractivity contribution in [3.63, 3.8) is 0 Å². The summed E-state index contributed by atoms with van der Waals surface area (Å²) in [4.78, 5) is 16.4. The predicted octanol–water partition coefficient (Wildman–Crippen LogP) is 4.81. The van der Waals surface area contributed by atoms with Crippen molar-refractivity contribution in [2.75, 3.05) is 23.7 Å². The summed E-state index contributed by atoms with van der Waals surface area (Å²) in [6.07, 6.45) is 15.0. The van der Waals surface area contributed by atoms with Gasteiger partial charge in [-0.2, -0.15) is 0 Å². The van der Waals surface area contributed by atoms with Crippen LogP contribution in [-0.4, -0.2) is 28.0 Å². The summed E-state index contributed by atoms with van der Waals surface area (Å²) in [6, 6.07) is 1.84. The molecule has 0 radical (unpaired) electrons. The minimum atomic E-state index is 0.339. The van der Waals surface area contributed by atoms with E-state index in [2.05, 4.69) is 19.9 Å². The van der Waals surface area contributed by atoms with Crippen molar-refractivity contribution in [1.29, 1.82) is 0 Å². The van der Waals surface area contributed by atoms with Gasteiger partial charge >= 0.3 is 0 Å². The van der Waals surface area contributed by atoms with Crippen LogP contribution in [0, 0.1) is 5.41 Å². The molecule has 1 saturated heterocycles. The molecule has 1 spiro atoms. The summed E-state index contributed by atoms with van der Waals surface area (Å²) < 4.78 is 0. The highest BCUT2D eigenvalue weighted by molar-refractivity contribution is 7.99. The standard InChI is InChI=1S/C19H24ClN5S/c20-17-14(4-9-22-18(17)21)26-16-13-23-15(12-24-16)25-10-7-19(8-11-25)5-2-1-3-6-19/h4,9,12-13H,1-3,5-8,10-11H2,(H2,21,22). The van der Waals surface area contributed by atoms with Gasteiger partial charge in [0.15, 0.2) is 0 Å². The van der Waals surface area contributed by atoms with Crippen LogP contribution in [-0.2, 0) is 0 Å². The quantitative estimate of drug-likeness (QED) is 0.812. The van der Waals surface area contributed by atoms with Gasteiger partial charge in [0.25, 0.3) is 0 Å². The van der Waals surface area contributed by atoms with E-state index in [9.17, 15) is 0 Å². The number of nitrogen functional groups attached to an aromatic ring is 1. The van der Waals surface area contributed by atoms with Crippen molar-refractivity contribution in [1.82, 2.24) is 15.0 Å². The Hall–Kier alpha value is -1.53. The van der Waals surface area contributed by atoms with Gasteiger partial charge in [0.1, 0.15) is 16.7 Å². The van der Waals surface area contributed by atoms with Gasteiger partial charge in [0, 0.05) is 24.2 Å². The molecule has 2 aromatic rings. The maximum absolute atomic E-state index is 6.20. The molecule has 0 atom stereocenters. The molecule has 1 aliphatic carbocycles. The van der Waals surface area contributed by atoms with Gasteiger partial charge in [0.05, 0.1) is 17.4 Å². The van der Waals surface area contributed by atoms with Crippen molar-refractivity contribution in [2.24, 2.45) is 5.41 Å². The van der Waals surface area contributed by atoms with E-state index in [-0.39, 0.29) is 0 Å². The Morgan fingerprint density at radius 1 is 1.00 bits per heavy atom. The van der Waals surface area contributed by atoms with Crippen molar-refractivity contribution in [3.8, 4) is 0 Å². The van der Waals surface area contributed by atoms with Crippen LogP contribution in [0.2, 0.25) is 5.02 Å². The van der Waals surface area contributed by atoms with Gasteiger partial charge in [-0.05, 0) is 37.2 Å². The van der Waals surface area contributed by atoms with Gasteiger partial charge in [0.2, 0.25) is 0 Å². The number of piperidine rings is 1. The first kappa shape index (κ1) is 17.9. The fourth-order valence-corrected chi connectivity index (χ4v) is 5.16. The lowest BCUT2D eigenvalue weighted by Gasteiger charge is -2.44. The third-order valence-corrected chi connectivity index (χ3v) is 7.26. The molecule has 0 unspecified atom stereocenters. The van der Waals surface area contributed by atoms with Crippen molar-refractivity contribution >= 4 is 35.0 Å². The Kier molecular flexibility index (Phi) is 5.23. The zero-order valence-corrected chi connectivity index (χ0v) is 16.4. The van der Waals surface area contributed by atoms with Crippen LogP contribution >= 0.6 is 23.4 Å². The maximum atomic E-state index is 6.20. The molecule has 0 bridgehead atoms. The highest BCUT2D eigenvalue weighted by Crippen LogP contribution is 2.45. The number of pyridine rings is 1. The monoisotopic (exact) mass is 389 g/mol. The summed E-state index contributed by atoms with van der Waals surface area (Å²) in [6.45, 7) is 2.18. The maximum Gasteiger partial charge on any atom is 0.147 e. The molecule has 1 aliphatic heterocycles. The highest BCUT2D eigenvalue weighted by Gasteiger charge is 2.35. The molecule has 26 heavy (non-hydrogen) atoms. The van der Waals surface area contributed by atoms with Crippen LogP contribution in [0.4, 0.5) is 11.6 Å². The van der Waals surface area contributed by atoms with E-state index in [0.717, 1.165) is 28.8 Å². The van der Waals surface area contributed by atoms with E-state index in [4.69, 9.17) is 17.3 Å². The molecular weight excluding hydrogens is 366 g/mol. The second kappa shape index (κ2) is 7.61. The molecule has 7 heteroatoms. The Balaban J connectivity index is 1.40. The molecule has 2 fully saturated rings. The Bertz CT molecular complexity index is 751. The van der Waals surface area contributed by atoms with E-state index in [1.54, 1.807) is 6.20 Å². The van der Waals surface area contributed by atoms with Gasteiger partial charge in [-0.25, -0.2) is 15.0 Å². The molecule has 2 N–H and O–H groups in total. The number of hydrogen-bond acceptors (Lipinski definition) is 6. The van der Waals surface area contributed by atoms with Gasteiger partial charge in [-0.3, -0.25) is 0 Å². The lowest BCUT2D eigenvalue weighted by Crippen LogP contribution is -2.41. The van der Waals surface area contributed by atoms with E-state index in [1.165, 1.54) is 56.7 Å². The predicted molar refractivity (Wildman–Crippen MR) is 107 cm³/mol. The van der Waals surface area contributed by atoms with Crippen molar-refractivity contribution < 1.29 is 0 Å². The number of anilines is 2. The largest absolute Gasteiger partial charge is 0.382 e. The fourth-order valence-electron chi connectivity index (χ4n) is 4.17. The van der Waals surface area contributed by atoms with E-state index < -0.39 is 0 Å². The highest BCUT2D eigenvalue weighted by atomic mass is 35.5. The zero-order chi connectivity index (χ0) is 18.0. The van der Waals surface area contributed by atoms with Gasteiger partial charge in [-0.1, -0.05) is 42.6 Å². The summed E-state index contributed by atoms with van der Waals surface area (Å²) in [5.41, 5.74) is 6.36. The smallest absolute Gasteiger partial charge is 0.147 e. The van der Waals surface area contributed by atoms with Crippen LogP contribution in [0.1, 0.15) is 44.9 Å². The van der Waals surface area contributed by atoms with Crippen molar-refractivity contribution in [2.45, 2.75) is 54.9 Å². The molecule has 0 amide bonds. The van der Waals surface area contributed by atoms with Crippen LogP contribution in [0.3, 0.4) is 0 Å². The van der Waals surface area contributed by atoms with E-state index in [1.807, 2.05) is 18.5 Å². The lowest BCUT2D eigenvalue weighted by molar-refractivity contribution is 0.144.